The average molecular weight is 405 g/mol. The normalized spacial score (nSPS) is 15.4. The second kappa shape index (κ2) is 7.33. The molecule has 0 saturated heterocycles. The van der Waals surface area contributed by atoms with Gasteiger partial charge in [-0.3, -0.25) is 9.59 Å². The molecule has 30 heavy (non-hydrogen) atoms. The number of hydrogen-bond donors (Lipinski definition) is 0. The van der Waals surface area contributed by atoms with E-state index in [1.165, 1.54) is 9.36 Å². The van der Waals surface area contributed by atoms with Crippen LogP contribution in [0.15, 0.2) is 63.7 Å². The van der Waals surface area contributed by atoms with Crippen molar-refractivity contribution in [2.24, 2.45) is 0 Å². The van der Waals surface area contributed by atoms with Crippen LogP contribution in [0.3, 0.4) is 0 Å². The molecule has 0 radical (unpaired) electrons. The van der Waals surface area contributed by atoms with Gasteiger partial charge >= 0.3 is 5.97 Å². The number of rotatable bonds is 4. The largest absolute Gasteiger partial charge is 0.463 e. The average Bonchev–Trinajstić information content (AvgIpc) is 3.05. The van der Waals surface area contributed by atoms with Crippen molar-refractivity contribution < 1.29 is 9.53 Å². The van der Waals surface area contributed by atoms with Crippen molar-refractivity contribution in [3.63, 3.8) is 0 Å². The third-order valence-corrected chi connectivity index (χ3v) is 5.45. The van der Waals surface area contributed by atoms with Gasteiger partial charge in [0.05, 0.1) is 28.6 Å². The molecule has 0 aliphatic carbocycles. The number of carbonyl (C=O) groups is 1. The fourth-order valence-corrected chi connectivity index (χ4v) is 3.99. The van der Waals surface area contributed by atoms with Gasteiger partial charge in [-0.05, 0) is 43.7 Å². The maximum absolute atomic E-state index is 13.4. The Hall–Kier alpha value is -3.61. The lowest BCUT2D eigenvalue weighted by atomic mass is 9.98. The number of ether oxygens (including phenoxy) is 1. The maximum atomic E-state index is 13.4. The molecule has 3 aromatic rings. The van der Waals surface area contributed by atoms with Crippen LogP contribution >= 0.6 is 0 Å². The Kier molecular flexibility index (Phi) is 4.81. The highest BCUT2D eigenvalue weighted by Crippen LogP contribution is 2.36. The molecule has 1 unspecified atom stereocenters. The predicted molar refractivity (Wildman–Crippen MR) is 117 cm³/mol. The van der Waals surface area contributed by atoms with Crippen molar-refractivity contribution in [1.29, 1.82) is 0 Å². The zero-order valence-electron chi connectivity index (χ0n) is 17.4. The molecule has 0 saturated carbocycles. The number of allylic oxidation sites excluding steroid dienone is 1. The summed E-state index contributed by atoms with van der Waals surface area (Å²) in [5.74, 6) is -0.532. The van der Waals surface area contributed by atoms with Crippen LogP contribution < -0.4 is 16.0 Å². The summed E-state index contributed by atoms with van der Waals surface area (Å²) in [5.41, 5.74) is 1.75. The molecule has 0 fully saturated rings. The van der Waals surface area contributed by atoms with Gasteiger partial charge in [-0.1, -0.05) is 24.3 Å². The second-order valence-electron chi connectivity index (χ2n) is 7.42. The summed E-state index contributed by atoms with van der Waals surface area (Å²) in [7, 11) is 3.87. The number of anilines is 1. The summed E-state index contributed by atoms with van der Waals surface area (Å²) in [6.07, 6.45) is 0. The van der Waals surface area contributed by atoms with Crippen LogP contribution in [-0.4, -0.2) is 36.0 Å². The number of fused-ring (bicyclic) bond motifs is 2. The van der Waals surface area contributed by atoms with Crippen molar-refractivity contribution in [2.45, 2.75) is 19.9 Å². The molecule has 1 aliphatic rings. The standard InChI is InChI=1S/C23H23N3O4/c1-5-30-23(29)19-14(2)25-21(27)17-8-6-7-9-18(17)22(28)26(25)20(19)15-10-12-16(13-11-15)24(3)4/h6-13,20H,5H2,1-4H3. The Labute approximate surface area is 173 Å². The van der Waals surface area contributed by atoms with Gasteiger partial charge in [-0.2, -0.15) is 0 Å². The summed E-state index contributed by atoms with van der Waals surface area (Å²) in [5, 5.41) is 0.650. The molecule has 1 aliphatic heterocycles. The highest BCUT2D eigenvalue weighted by Gasteiger charge is 2.38. The molecule has 0 bridgehead atoms. The van der Waals surface area contributed by atoms with Gasteiger partial charge in [0.15, 0.2) is 0 Å². The molecule has 1 aromatic heterocycles. The van der Waals surface area contributed by atoms with Crippen molar-refractivity contribution in [3.8, 4) is 0 Å². The minimum Gasteiger partial charge on any atom is -0.463 e. The smallest absolute Gasteiger partial charge is 0.338 e. The maximum Gasteiger partial charge on any atom is 0.338 e. The second-order valence-corrected chi connectivity index (χ2v) is 7.42. The van der Waals surface area contributed by atoms with Crippen LogP contribution in [0.25, 0.3) is 16.5 Å². The first-order valence-electron chi connectivity index (χ1n) is 9.79. The lowest BCUT2D eigenvalue weighted by molar-refractivity contribution is -0.138. The van der Waals surface area contributed by atoms with E-state index in [-0.39, 0.29) is 17.7 Å². The van der Waals surface area contributed by atoms with Crippen LogP contribution in [-0.2, 0) is 9.53 Å². The molecule has 2 aromatic carbocycles. The monoisotopic (exact) mass is 405 g/mol. The molecule has 7 heteroatoms. The Morgan fingerprint density at radius 1 is 1.00 bits per heavy atom. The Balaban J connectivity index is 2.04. The lowest BCUT2D eigenvalue weighted by Gasteiger charge is -2.20. The van der Waals surface area contributed by atoms with Crippen LogP contribution in [0.5, 0.6) is 0 Å². The first-order valence-corrected chi connectivity index (χ1v) is 9.79. The zero-order valence-corrected chi connectivity index (χ0v) is 17.4. The molecule has 2 heterocycles. The Morgan fingerprint density at radius 3 is 2.17 bits per heavy atom. The number of carbonyl (C=O) groups excluding carboxylic acids is 1. The Bertz CT molecular complexity index is 1300. The van der Waals surface area contributed by atoms with Crippen molar-refractivity contribution in [1.82, 2.24) is 9.36 Å². The van der Waals surface area contributed by atoms with Crippen molar-refractivity contribution >= 4 is 28.1 Å². The van der Waals surface area contributed by atoms with Crippen LogP contribution in [0.4, 0.5) is 5.69 Å². The van der Waals surface area contributed by atoms with Gasteiger partial charge in [0.25, 0.3) is 11.1 Å². The Morgan fingerprint density at radius 2 is 1.60 bits per heavy atom. The summed E-state index contributed by atoms with van der Waals surface area (Å²) in [6, 6.07) is 13.5. The molecule has 0 spiro atoms. The molecule has 0 amide bonds. The molecule has 4 rings (SSSR count). The number of benzene rings is 2. The zero-order chi connectivity index (χ0) is 21.6. The van der Waals surface area contributed by atoms with Gasteiger partial charge < -0.3 is 9.64 Å². The quantitative estimate of drug-likeness (QED) is 0.624. The first kappa shape index (κ1) is 19.7. The van der Waals surface area contributed by atoms with E-state index < -0.39 is 12.0 Å². The minimum atomic E-state index is -0.745. The molecule has 154 valence electrons. The fraction of sp³-hybridized carbons (Fsp3) is 0.261. The van der Waals surface area contributed by atoms with Gasteiger partial charge in [0.1, 0.15) is 6.04 Å². The predicted octanol–water partition coefficient (Wildman–Crippen LogP) is 2.63. The van der Waals surface area contributed by atoms with E-state index in [4.69, 9.17) is 4.74 Å². The summed E-state index contributed by atoms with van der Waals surface area (Å²) in [6.45, 7) is 3.60. The van der Waals surface area contributed by atoms with Gasteiger partial charge in [0.2, 0.25) is 0 Å². The fourth-order valence-electron chi connectivity index (χ4n) is 3.99. The van der Waals surface area contributed by atoms with E-state index in [1.807, 2.05) is 43.3 Å². The van der Waals surface area contributed by atoms with Gasteiger partial charge in [0, 0.05) is 19.8 Å². The first-order chi connectivity index (χ1) is 14.4. The third kappa shape index (κ3) is 2.85. The summed E-state index contributed by atoms with van der Waals surface area (Å²) >= 11 is 0. The van der Waals surface area contributed by atoms with Crippen LogP contribution in [0.2, 0.25) is 0 Å². The van der Waals surface area contributed by atoms with E-state index in [0.29, 0.717) is 22.0 Å². The number of esters is 1. The van der Waals surface area contributed by atoms with Crippen molar-refractivity contribution in [3.05, 3.63) is 80.4 Å². The van der Waals surface area contributed by atoms with Crippen molar-refractivity contribution in [2.75, 3.05) is 25.6 Å². The lowest BCUT2D eigenvalue weighted by Crippen LogP contribution is -2.37. The van der Waals surface area contributed by atoms with E-state index in [1.54, 1.807) is 38.1 Å². The third-order valence-electron chi connectivity index (χ3n) is 5.45. The van der Waals surface area contributed by atoms with E-state index in [9.17, 15) is 14.4 Å². The summed E-state index contributed by atoms with van der Waals surface area (Å²) in [4.78, 5) is 41.5. The van der Waals surface area contributed by atoms with Crippen LogP contribution in [0.1, 0.15) is 25.5 Å². The number of hydrogen-bond acceptors (Lipinski definition) is 5. The highest BCUT2D eigenvalue weighted by atomic mass is 16.5. The minimum absolute atomic E-state index is 0.198. The topological polar surface area (TPSA) is 73.5 Å². The SMILES string of the molecule is CCOC(=O)C1=C(C)n2c(=O)c3ccccc3c(=O)n2C1c1ccc(N(C)C)cc1. The molecule has 7 nitrogen and oxygen atoms in total. The van der Waals surface area contributed by atoms with E-state index in [2.05, 4.69) is 0 Å². The number of aromatic nitrogens is 2. The molecular formula is C23H23N3O4. The summed E-state index contributed by atoms with van der Waals surface area (Å²) < 4.78 is 7.96. The highest BCUT2D eigenvalue weighted by molar-refractivity contribution is 5.97. The molecule has 1 atom stereocenters. The van der Waals surface area contributed by atoms with E-state index in [0.717, 1.165) is 11.3 Å². The van der Waals surface area contributed by atoms with Gasteiger partial charge in [-0.25, -0.2) is 14.2 Å². The number of nitrogens with zero attached hydrogens (tertiary/aromatic N) is 3. The van der Waals surface area contributed by atoms with Crippen LogP contribution in [0, 0.1) is 0 Å². The van der Waals surface area contributed by atoms with Gasteiger partial charge in [-0.15, -0.1) is 0 Å². The molecule has 0 N–H and O–H groups in total. The molecular weight excluding hydrogens is 382 g/mol. The van der Waals surface area contributed by atoms with E-state index >= 15 is 0 Å².